The number of Topliss-reactive ketones (excluding diaryl/α,β-unsaturated/α-hetero) is 1. The number of ether oxygens (including phenoxy) is 1. The third-order valence-electron chi connectivity index (χ3n) is 7.31. The van der Waals surface area contributed by atoms with Crippen LogP contribution in [0.4, 0.5) is 4.39 Å². The van der Waals surface area contributed by atoms with Gasteiger partial charge in [0.15, 0.2) is 5.78 Å². The number of unbranched alkanes of at least 4 members (excludes halogenated alkanes) is 6. The van der Waals surface area contributed by atoms with E-state index in [1.807, 2.05) is 18.2 Å². The molecule has 0 spiro atoms. The summed E-state index contributed by atoms with van der Waals surface area (Å²) in [6, 6.07) is 16.3. The summed E-state index contributed by atoms with van der Waals surface area (Å²) in [6.45, 7) is 4.59. The van der Waals surface area contributed by atoms with Crippen LogP contribution < -0.4 is 0 Å². The van der Waals surface area contributed by atoms with Gasteiger partial charge < -0.3 is 9.64 Å². The SMILES string of the molecule is CCCCCCCCCC(=O)OC1(c2ccccc2)CCN(CCCC(=O)c2ccccc2F)CC1. The number of piperidine rings is 1. The minimum absolute atomic E-state index is 0.101. The highest BCUT2D eigenvalue weighted by Gasteiger charge is 2.39. The predicted octanol–water partition coefficient (Wildman–Crippen LogP) is 7.46. The maximum absolute atomic E-state index is 13.9. The molecular formula is C31H42FNO3. The number of benzene rings is 2. The van der Waals surface area contributed by atoms with E-state index in [0.29, 0.717) is 19.3 Å². The Balaban J connectivity index is 1.47. The summed E-state index contributed by atoms with van der Waals surface area (Å²) in [5.41, 5.74) is 0.651. The lowest BCUT2D eigenvalue weighted by Gasteiger charge is -2.41. The minimum Gasteiger partial charge on any atom is -0.454 e. The number of esters is 1. The molecule has 196 valence electrons. The Labute approximate surface area is 216 Å². The molecule has 1 aliphatic rings. The molecule has 1 saturated heterocycles. The van der Waals surface area contributed by atoms with Gasteiger partial charge in [-0.25, -0.2) is 4.39 Å². The molecule has 0 aromatic heterocycles. The highest BCUT2D eigenvalue weighted by Crippen LogP contribution is 2.37. The molecule has 36 heavy (non-hydrogen) atoms. The average molecular weight is 496 g/mol. The van der Waals surface area contributed by atoms with Crippen molar-refractivity contribution in [2.24, 2.45) is 0 Å². The van der Waals surface area contributed by atoms with Crippen molar-refractivity contribution < 1.29 is 18.7 Å². The van der Waals surface area contributed by atoms with Crippen LogP contribution in [0.25, 0.3) is 0 Å². The van der Waals surface area contributed by atoms with Gasteiger partial charge in [-0.3, -0.25) is 9.59 Å². The second-order valence-corrected chi connectivity index (χ2v) is 10.1. The third kappa shape index (κ3) is 8.55. The van der Waals surface area contributed by atoms with E-state index in [1.54, 1.807) is 18.2 Å². The summed E-state index contributed by atoms with van der Waals surface area (Å²) in [7, 11) is 0. The summed E-state index contributed by atoms with van der Waals surface area (Å²) in [5.74, 6) is -0.703. The molecule has 0 radical (unpaired) electrons. The van der Waals surface area contributed by atoms with E-state index >= 15 is 0 Å². The summed E-state index contributed by atoms with van der Waals surface area (Å²) in [5, 5.41) is 0. The molecule has 3 rings (SSSR count). The van der Waals surface area contributed by atoms with Crippen molar-refractivity contribution in [3.05, 3.63) is 71.5 Å². The van der Waals surface area contributed by atoms with Gasteiger partial charge in [0.2, 0.25) is 0 Å². The molecule has 2 aromatic rings. The number of likely N-dealkylation sites (tertiary alicyclic amines) is 1. The first-order chi connectivity index (χ1) is 17.5. The van der Waals surface area contributed by atoms with E-state index in [-0.39, 0.29) is 17.3 Å². The van der Waals surface area contributed by atoms with Crippen molar-refractivity contribution >= 4 is 11.8 Å². The topological polar surface area (TPSA) is 46.6 Å². The number of rotatable bonds is 15. The van der Waals surface area contributed by atoms with Crippen LogP contribution in [0.15, 0.2) is 54.6 Å². The van der Waals surface area contributed by atoms with Gasteiger partial charge in [-0.2, -0.15) is 0 Å². The highest BCUT2D eigenvalue weighted by atomic mass is 19.1. The molecule has 0 N–H and O–H groups in total. The lowest BCUT2D eigenvalue weighted by molar-refractivity contribution is -0.167. The number of carbonyl (C=O) groups excluding carboxylic acids is 2. The zero-order valence-electron chi connectivity index (χ0n) is 21.9. The fraction of sp³-hybridized carbons (Fsp3) is 0.548. The van der Waals surface area contributed by atoms with Crippen LogP contribution in [0.1, 0.15) is 99.9 Å². The molecule has 0 aliphatic carbocycles. The molecule has 5 heteroatoms. The third-order valence-corrected chi connectivity index (χ3v) is 7.31. The maximum atomic E-state index is 13.9. The zero-order valence-corrected chi connectivity index (χ0v) is 21.9. The van der Waals surface area contributed by atoms with Crippen molar-refractivity contribution in [1.82, 2.24) is 4.90 Å². The van der Waals surface area contributed by atoms with Gasteiger partial charge in [0.05, 0.1) is 5.56 Å². The molecule has 0 atom stereocenters. The van der Waals surface area contributed by atoms with Crippen LogP contribution in [0.3, 0.4) is 0 Å². The fourth-order valence-electron chi connectivity index (χ4n) is 5.11. The van der Waals surface area contributed by atoms with E-state index in [2.05, 4.69) is 24.0 Å². The van der Waals surface area contributed by atoms with Crippen molar-refractivity contribution in [1.29, 1.82) is 0 Å². The van der Waals surface area contributed by atoms with Crippen LogP contribution >= 0.6 is 0 Å². The monoisotopic (exact) mass is 495 g/mol. The van der Waals surface area contributed by atoms with Gasteiger partial charge in [0.1, 0.15) is 11.4 Å². The maximum Gasteiger partial charge on any atom is 0.306 e. The lowest BCUT2D eigenvalue weighted by Crippen LogP contribution is -2.45. The Morgan fingerprint density at radius 2 is 1.47 bits per heavy atom. The number of halogens is 1. The first kappa shape index (κ1) is 28.0. The lowest BCUT2D eigenvalue weighted by atomic mass is 9.84. The Bertz CT molecular complexity index is 938. The van der Waals surface area contributed by atoms with E-state index in [4.69, 9.17) is 4.74 Å². The second kappa shape index (κ2) is 14.9. The molecule has 2 aromatic carbocycles. The standard InChI is InChI=1S/C31H42FNO3/c1-2-3-4-5-6-7-11-20-30(35)36-31(26-15-9-8-10-16-26)21-24-33(25-22-31)23-14-19-29(34)27-17-12-13-18-28(27)32/h8-10,12-13,15-18H,2-7,11,14,19-25H2,1H3. The fourth-order valence-corrected chi connectivity index (χ4v) is 5.11. The van der Waals surface area contributed by atoms with E-state index in [0.717, 1.165) is 50.9 Å². The molecular weight excluding hydrogens is 453 g/mol. The van der Waals surface area contributed by atoms with E-state index in [9.17, 15) is 14.0 Å². The van der Waals surface area contributed by atoms with Gasteiger partial charge in [-0.05, 0) is 37.1 Å². The average Bonchev–Trinajstić information content (AvgIpc) is 2.90. The van der Waals surface area contributed by atoms with Gasteiger partial charge in [0.25, 0.3) is 0 Å². The number of hydrogen-bond acceptors (Lipinski definition) is 4. The predicted molar refractivity (Wildman–Crippen MR) is 142 cm³/mol. The first-order valence-electron chi connectivity index (χ1n) is 13.8. The number of carbonyl (C=O) groups is 2. The van der Waals surface area contributed by atoms with Gasteiger partial charge in [0, 0.05) is 38.8 Å². The number of nitrogens with zero attached hydrogens (tertiary/aromatic N) is 1. The molecule has 4 nitrogen and oxygen atoms in total. The Morgan fingerprint density at radius 1 is 0.833 bits per heavy atom. The number of hydrogen-bond donors (Lipinski definition) is 0. The normalized spacial score (nSPS) is 15.5. The second-order valence-electron chi connectivity index (χ2n) is 10.1. The summed E-state index contributed by atoms with van der Waals surface area (Å²) < 4.78 is 20.1. The Hall–Kier alpha value is -2.53. The van der Waals surface area contributed by atoms with Crippen molar-refractivity contribution in [2.45, 2.75) is 89.6 Å². The van der Waals surface area contributed by atoms with Crippen LogP contribution in [-0.4, -0.2) is 36.3 Å². The molecule has 1 heterocycles. The molecule has 1 fully saturated rings. The van der Waals surface area contributed by atoms with E-state index < -0.39 is 11.4 Å². The summed E-state index contributed by atoms with van der Waals surface area (Å²) in [6.07, 6.45) is 11.2. The van der Waals surface area contributed by atoms with E-state index in [1.165, 1.54) is 38.2 Å². The largest absolute Gasteiger partial charge is 0.454 e. The van der Waals surface area contributed by atoms with Gasteiger partial charge in [-0.15, -0.1) is 0 Å². The Morgan fingerprint density at radius 3 is 2.17 bits per heavy atom. The smallest absolute Gasteiger partial charge is 0.306 e. The van der Waals surface area contributed by atoms with Crippen LogP contribution in [0.2, 0.25) is 0 Å². The minimum atomic E-state index is -0.584. The summed E-state index contributed by atoms with van der Waals surface area (Å²) >= 11 is 0. The van der Waals surface area contributed by atoms with Crippen molar-refractivity contribution in [3.8, 4) is 0 Å². The first-order valence-corrected chi connectivity index (χ1v) is 13.8. The van der Waals surface area contributed by atoms with Crippen LogP contribution in [0, 0.1) is 5.82 Å². The molecule has 0 unspecified atom stereocenters. The van der Waals surface area contributed by atoms with Crippen molar-refractivity contribution in [3.63, 3.8) is 0 Å². The number of ketones is 1. The molecule has 0 saturated carbocycles. The van der Waals surface area contributed by atoms with Gasteiger partial charge in [-0.1, -0.05) is 87.9 Å². The van der Waals surface area contributed by atoms with Crippen molar-refractivity contribution in [2.75, 3.05) is 19.6 Å². The molecule has 1 aliphatic heterocycles. The quantitative estimate of drug-likeness (QED) is 0.146. The molecule has 0 bridgehead atoms. The Kier molecular flexibility index (Phi) is 11.6. The van der Waals surface area contributed by atoms with Crippen LogP contribution in [-0.2, 0) is 15.1 Å². The highest BCUT2D eigenvalue weighted by molar-refractivity contribution is 5.96. The summed E-state index contributed by atoms with van der Waals surface area (Å²) in [4.78, 5) is 27.5. The van der Waals surface area contributed by atoms with Crippen LogP contribution in [0.5, 0.6) is 0 Å². The molecule has 0 amide bonds. The van der Waals surface area contributed by atoms with Gasteiger partial charge >= 0.3 is 5.97 Å². The zero-order chi connectivity index (χ0) is 25.6.